The number of rotatable bonds is 4. The molecule has 18 heavy (non-hydrogen) atoms. The summed E-state index contributed by atoms with van der Waals surface area (Å²) in [6.07, 6.45) is 5.31. The Morgan fingerprint density at radius 2 is 2.06 bits per heavy atom. The molecule has 0 aliphatic heterocycles. The van der Waals surface area contributed by atoms with Gasteiger partial charge in [0.1, 0.15) is 0 Å². The van der Waals surface area contributed by atoms with Crippen molar-refractivity contribution in [1.29, 1.82) is 0 Å². The fourth-order valence-electron chi connectivity index (χ4n) is 2.57. The molecule has 0 amide bonds. The molecule has 0 heterocycles. The van der Waals surface area contributed by atoms with E-state index in [1.54, 1.807) is 0 Å². The van der Waals surface area contributed by atoms with E-state index in [-0.39, 0.29) is 6.10 Å². The van der Waals surface area contributed by atoms with Crippen LogP contribution >= 0.6 is 15.9 Å². The maximum atomic E-state index is 6.18. The lowest BCUT2D eigenvalue weighted by atomic mass is 9.89. The summed E-state index contributed by atoms with van der Waals surface area (Å²) in [5.41, 5.74) is 7.03. The summed E-state index contributed by atoms with van der Waals surface area (Å²) in [7, 11) is 0. The third kappa shape index (κ3) is 3.81. The first-order chi connectivity index (χ1) is 8.69. The van der Waals surface area contributed by atoms with Crippen LogP contribution in [0.1, 0.15) is 44.3 Å². The Balaban J connectivity index is 1.97. The van der Waals surface area contributed by atoms with Gasteiger partial charge in [-0.15, -0.1) is 0 Å². The monoisotopic (exact) mass is 311 g/mol. The van der Waals surface area contributed by atoms with Crippen molar-refractivity contribution in [1.82, 2.24) is 0 Å². The van der Waals surface area contributed by atoms with Gasteiger partial charge in [-0.25, -0.2) is 0 Å². The predicted molar refractivity (Wildman–Crippen MR) is 78.4 cm³/mol. The first-order valence-electron chi connectivity index (χ1n) is 6.80. The van der Waals surface area contributed by atoms with Gasteiger partial charge < -0.3 is 10.5 Å². The summed E-state index contributed by atoms with van der Waals surface area (Å²) in [4.78, 5) is 0. The highest BCUT2D eigenvalue weighted by Crippen LogP contribution is 2.30. The molecule has 1 saturated carbocycles. The van der Waals surface area contributed by atoms with Gasteiger partial charge in [0.05, 0.1) is 12.2 Å². The molecular weight excluding hydrogens is 290 g/mol. The van der Waals surface area contributed by atoms with Crippen molar-refractivity contribution in [3.63, 3.8) is 0 Å². The number of nitrogens with two attached hydrogens (primary N) is 1. The molecule has 0 saturated heterocycles. The third-order valence-electron chi connectivity index (χ3n) is 3.75. The third-order valence-corrected chi connectivity index (χ3v) is 4.25. The lowest BCUT2D eigenvalue weighted by Crippen LogP contribution is -2.26. The lowest BCUT2D eigenvalue weighted by molar-refractivity contribution is -0.0328. The topological polar surface area (TPSA) is 35.2 Å². The fraction of sp³-hybridized carbons (Fsp3) is 0.600. The second-order valence-electron chi connectivity index (χ2n) is 5.30. The van der Waals surface area contributed by atoms with Crippen LogP contribution in [-0.2, 0) is 4.74 Å². The van der Waals surface area contributed by atoms with Gasteiger partial charge in [-0.1, -0.05) is 35.0 Å². The molecule has 100 valence electrons. The molecule has 2 rings (SSSR count). The van der Waals surface area contributed by atoms with E-state index in [1.165, 1.54) is 31.2 Å². The van der Waals surface area contributed by atoms with E-state index in [0.717, 1.165) is 10.4 Å². The van der Waals surface area contributed by atoms with E-state index in [2.05, 4.69) is 35.0 Å². The van der Waals surface area contributed by atoms with Crippen molar-refractivity contribution in [3.8, 4) is 0 Å². The molecule has 0 bridgehead atoms. The number of hydrogen-bond donors (Lipinski definition) is 1. The van der Waals surface area contributed by atoms with Crippen LogP contribution in [0.25, 0.3) is 0 Å². The van der Waals surface area contributed by atoms with Crippen LogP contribution < -0.4 is 5.73 Å². The number of hydrogen-bond acceptors (Lipinski definition) is 2. The second kappa shape index (κ2) is 6.69. The Morgan fingerprint density at radius 3 is 2.67 bits per heavy atom. The SMILES string of the molecule is CC1CCC(OC(CN)c2cccc(Br)c2)CC1. The molecule has 3 heteroatoms. The minimum absolute atomic E-state index is 0.0286. The zero-order valence-corrected chi connectivity index (χ0v) is 12.5. The van der Waals surface area contributed by atoms with Crippen LogP contribution in [0.15, 0.2) is 28.7 Å². The molecule has 1 aliphatic rings. The minimum Gasteiger partial charge on any atom is -0.369 e. The van der Waals surface area contributed by atoms with Crippen molar-refractivity contribution in [3.05, 3.63) is 34.3 Å². The van der Waals surface area contributed by atoms with Crippen molar-refractivity contribution < 1.29 is 4.74 Å². The van der Waals surface area contributed by atoms with Gasteiger partial charge in [0.15, 0.2) is 0 Å². The van der Waals surface area contributed by atoms with Gasteiger partial charge in [0, 0.05) is 11.0 Å². The smallest absolute Gasteiger partial charge is 0.0951 e. The zero-order valence-electron chi connectivity index (χ0n) is 10.9. The molecule has 0 radical (unpaired) electrons. The Labute approximate surface area is 118 Å². The Morgan fingerprint density at radius 1 is 1.33 bits per heavy atom. The molecule has 1 atom stereocenters. The second-order valence-corrected chi connectivity index (χ2v) is 6.21. The van der Waals surface area contributed by atoms with Gasteiger partial charge in [-0.3, -0.25) is 0 Å². The predicted octanol–water partition coefficient (Wildman–Crippen LogP) is 4.04. The van der Waals surface area contributed by atoms with E-state index >= 15 is 0 Å². The van der Waals surface area contributed by atoms with Crippen LogP contribution in [0.4, 0.5) is 0 Å². The summed E-state index contributed by atoms with van der Waals surface area (Å²) in [5.74, 6) is 0.854. The highest BCUT2D eigenvalue weighted by Gasteiger charge is 2.22. The summed E-state index contributed by atoms with van der Waals surface area (Å²) in [6.45, 7) is 2.87. The summed E-state index contributed by atoms with van der Waals surface area (Å²) < 4.78 is 7.27. The highest BCUT2D eigenvalue weighted by molar-refractivity contribution is 9.10. The summed E-state index contributed by atoms with van der Waals surface area (Å²) >= 11 is 3.50. The van der Waals surface area contributed by atoms with E-state index < -0.39 is 0 Å². The molecule has 1 aliphatic carbocycles. The van der Waals surface area contributed by atoms with E-state index in [1.807, 2.05) is 12.1 Å². The molecule has 1 fully saturated rings. The van der Waals surface area contributed by atoms with Crippen molar-refractivity contribution in [2.45, 2.75) is 44.8 Å². The molecule has 0 spiro atoms. The van der Waals surface area contributed by atoms with Crippen molar-refractivity contribution in [2.75, 3.05) is 6.54 Å². The van der Waals surface area contributed by atoms with Gasteiger partial charge in [0.25, 0.3) is 0 Å². The zero-order chi connectivity index (χ0) is 13.0. The number of halogens is 1. The molecule has 2 nitrogen and oxygen atoms in total. The maximum absolute atomic E-state index is 6.18. The molecule has 1 unspecified atom stereocenters. The molecule has 2 N–H and O–H groups in total. The van der Waals surface area contributed by atoms with Crippen molar-refractivity contribution in [2.24, 2.45) is 11.7 Å². The number of ether oxygens (including phenoxy) is 1. The average molecular weight is 312 g/mol. The fourth-order valence-corrected chi connectivity index (χ4v) is 2.99. The molecule has 0 aromatic heterocycles. The number of benzene rings is 1. The Kier molecular flexibility index (Phi) is 5.22. The molecular formula is C15H22BrNO. The van der Waals surface area contributed by atoms with Gasteiger partial charge >= 0.3 is 0 Å². The molecule has 1 aromatic rings. The summed E-state index contributed by atoms with van der Waals surface area (Å²) in [6, 6.07) is 8.25. The first kappa shape index (κ1) is 14.0. The van der Waals surface area contributed by atoms with Gasteiger partial charge in [-0.2, -0.15) is 0 Å². The lowest BCUT2D eigenvalue weighted by Gasteiger charge is -2.30. The summed E-state index contributed by atoms with van der Waals surface area (Å²) in [5, 5.41) is 0. The average Bonchev–Trinajstić information content (AvgIpc) is 2.38. The van der Waals surface area contributed by atoms with E-state index in [9.17, 15) is 0 Å². The van der Waals surface area contributed by atoms with Crippen LogP contribution in [0.5, 0.6) is 0 Å². The van der Waals surface area contributed by atoms with Crippen LogP contribution in [-0.4, -0.2) is 12.6 Å². The van der Waals surface area contributed by atoms with Crippen LogP contribution in [0.2, 0.25) is 0 Å². The standard InChI is InChI=1S/C15H22BrNO/c1-11-5-7-14(8-6-11)18-15(10-17)12-3-2-4-13(16)9-12/h2-4,9,11,14-15H,5-8,10,17H2,1H3. The molecule has 1 aromatic carbocycles. The Hall–Kier alpha value is -0.380. The van der Waals surface area contributed by atoms with E-state index in [0.29, 0.717) is 12.6 Å². The first-order valence-corrected chi connectivity index (χ1v) is 7.59. The quantitative estimate of drug-likeness (QED) is 0.910. The largest absolute Gasteiger partial charge is 0.369 e. The van der Waals surface area contributed by atoms with Gasteiger partial charge in [-0.05, 0) is 49.3 Å². The van der Waals surface area contributed by atoms with Crippen molar-refractivity contribution >= 4 is 15.9 Å². The van der Waals surface area contributed by atoms with Gasteiger partial charge in [0.2, 0.25) is 0 Å². The van der Waals surface area contributed by atoms with Crippen LogP contribution in [0, 0.1) is 5.92 Å². The maximum Gasteiger partial charge on any atom is 0.0951 e. The Bertz CT molecular complexity index is 375. The van der Waals surface area contributed by atoms with E-state index in [4.69, 9.17) is 10.5 Å². The van der Waals surface area contributed by atoms with Crippen LogP contribution in [0.3, 0.4) is 0 Å². The normalized spacial score (nSPS) is 25.9. The highest BCUT2D eigenvalue weighted by atomic mass is 79.9. The minimum atomic E-state index is 0.0286.